The summed E-state index contributed by atoms with van der Waals surface area (Å²) in [5, 5.41) is 9.41. The molecule has 11 heteroatoms. The topological polar surface area (TPSA) is 121 Å². The predicted molar refractivity (Wildman–Crippen MR) is 119 cm³/mol. The number of aromatic nitrogens is 2. The van der Waals surface area contributed by atoms with Crippen LogP contribution in [0.1, 0.15) is 16.8 Å². The number of nitrogens with zero attached hydrogens (tertiary/aromatic N) is 2. The molecular formula is C18H21Cl2N5O3S. The molecule has 4 rings (SSSR count). The zero-order valence-corrected chi connectivity index (χ0v) is 18.0. The highest BCUT2D eigenvalue weighted by Gasteiger charge is 2.23. The minimum Gasteiger partial charge on any atom is -0.355 e. The van der Waals surface area contributed by atoms with Crippen LogP contribution in [0.5, 0.6) is 0 Å². The van der Waals surface area contributed by atoms with Crippen LogP contribution in [0.3, 0.4) is 0 Å². The van der Waals surface area contributed by atoms with E-state index in [1.165, 1.54) is 10.4 Å². The summed E-state index contributed by atoms with van der Waals surface area (Å²) in [6, 6.07) is 11.0. The maximum Gasteiger partial charge on any atom is 0.277 e. The lowest BCUT2D eigenvalue weighted by Gasteiger charge is -2.26. The van der Waals surface area contributed by atoms with Gasteiger partial charge in [-0.1, -0.05) is 6.07 Å². The molecule has 0 unspecified atom stereocenters. The molecule has 1 aromatic carbocycles. The van der Waals surface area contributed by atoms with Crippen LogP contribution in [-0.4, -0.2) is 29.2 Å². The third-order valence-electron chi connectivity index (χ3n) is 4.65. The van der Waals surface area contributed by atoms with E-state index in [2.05, 4.69) is 15.3 Å². The van der Waals surface area contributed by atoms with E-state index in [1.807, 2.05) is 31.2 Å². The molecule has 8 nitrogen and oxygen atoms in total. The normalized spacial score (nSPS) is 13.9. The second-order valence-corrected chi connectivity index (χ2v) is 8.18. The Kier molecular flexibility index (Phi) is 6.92. The lowest BCUT2D eigenvalue weighted by molar-refractivity contribution is 0.392. The van der Waals surface area contributed by atoms with Gasteiger partial charge < -0.3 is 10.3 Å². The van der Waals surface area contributed by atoms with Gasteiger partial charge in [-0.15, -0.1) is 24.8 Å². The molecule has 3 aromatic rings. The lowest BCUT2D eigenvalue weighted by atomic mass is 10.0. The molecule has 0 bridgehead atoms. The summed E-state index contributed by atoms with van der Waals surface area (Å²) in [4.78, 5) is 18.7. The van der Waals surface area contributed by atoms with Crippen molar-refractivity contribution in [2.45, 2.75) is 19.9 Å². The van der Waals surface area contributed by atoms with E-state index in [0.717, 1.165) is 33.6 Å². The summed E-state index contributed by atoms with van der Waals surface area (Å²) >= 11 is 0. The molecule has 0 saturated carbocycles. The number of fused-ring (bicyclic) bond motifs is 2. The molecule has 0 fully saturated rings. The van der Waals surface area contributed by atoms with Gasteiger partial charge in [0.2, 0.25) is 5.56 Å². The van der Waals surface area contributed by atoms with Crippen LogP contribution in [0.2, 0.25) is 0 Å². The van der Waals surface area contributed by atoms with Crippen LogP contribution in [0, 0.1) is 6.92 Å². The molecule has 0 radical (unpaired) electrons. The Morgan fingerprint density at radius 2 is 1.90 bits per heavy atom. The van der Waals surface area contributed by atoms with Gasteiger partial charge in [-0.2, -0.15) is 12.7 Å². The van der Waals surface area contributed by atoms with Crippen LogP contribution in [0.25, 0.3) is 11.0 Å². The minimum absolute atomic E-state index is 0. The number of nitrogens with two attached hydrogens (primary N) is 1. The molecule has 2 aromatic heterocycles. The van der Waals surface area contributed by atoms with Crippen molar-refractivity contribution in [3.63, 3.8) is 0 Å². The number of pyridine rings is 2. The van der Waals surface area contributed by atoms with Crippen molar-refractivity contribution < 1.29 is 8.42 Å². The van der Waals surface area contributed by atoms with Crippen molar-refractivity contribution in [1.82, 2.24) is 14.3 Å². The summed E-state index contributed by atoms with van der Waals surface area (Å²) in [6.07, 6.45) is 0.630. The van der Waals surface area contributed by atoms with Gasteiger partial charge in [0, 0.05) is 35.9 Å². The van der Waals surface area contributed by atoms with Crippen LogP contribution in [-0.2, 0) is 23.2 Å². The van der Waals surface area contributed by atoms with Crippen molar-refractivity contribution in [3.05, 3.63) is 63.6 Å². The average Bonchev–Trinajstić information content (AvgIpc) is 2.59. The highest BCUT2D eigenvalue weighted by molar-refractivity contribution is 7.86. The smallest absolute Gasteiger partial charge is 0.277 e. The van der Waals surface area contributed by atoms with Crippen molar-refractivity contribution in [3.8, 4) is 0 Å². The van der Waals surface area contributed by atoms with Crippen LogP contribution < -0.4 is 16.0 Å². The maximum absolute atomic E-state index is 11.6. The van der Waals surface area contributed by atoms with Gasteiger partial charge >= 0.3 is 0 Å². The zero-order valence-electron chi connectivity index (χ0n) is 15.5. The van der Waals surface area contributed by atoms with Gasteiger partial charge in [0.05, 0.1) is 5.69 Å². The van der Waals surface area contributed by atoms with E-state index in [0.29, 0.717) is 18.6 Å². The number of benzene rings is 1. The molecule has 3 heterocycles. The monoisotopic (exact) mass is 457 g/mol. The minimum atomic E-state index is -3.71. The largest absolute Gasteiger partial charge is 0.355 e. The second kappa shape index (κ2) is 8.68. The molecule has 1 aliphatic rings. The first-order chi connectivity index (χ1) is 12.8. The Morgan fingerprint density at radius 1 is 1.14 bits per heavy atom. The number of rotatable bonds is 3. The summed E-state index contributed by atoms with van der Waals surface area (Å²) < 4.78 is 24.5. The predicted octanol–water partition coefficient (Wildman–Crippen LogP) is 2.38. The van der Waals surface area contributed by atoms with Crippen molar-refractivity contribution in [2.75, 3.05) is 11.9 Å². The zero-order chi connectivity index (χ0) is 19.2. The fourth-order valence-electron chi connectivity index (χ4n) is 3.35. The van der Waals surface area contributed by atoms with Crippen LogP contribution >= 0.6 is 24.8 Å². The molecule has 0 spiro atoms. The Bertz CT molecular complexity index is 1210. The number of nitrogens with one attached hydrogen (secondary N) is 2. The Balaban J connectivity index is 0.00000150. The van der Waals surface area contributed by atoms with Crippen molar-refractivity contribution >= 4 is 57.4 Å². The third-order valence-corrected chi connectivity index (χ3v) is 5.68. The number of halogens is 2. The molecule has 4 N–H and O–H groups in total. The van der Waals surface area contributed by atoms with Gasteiger partial charge in [-0.05, 0) is 48.7 Å². The Morgan fingerprint density at radius 3 is 2.62 bits per heavy atom. The molecule has 0 saturated heterocycles. The standard InChI is InChI=1S/C18H19N5O3S.2ClH/c1-11-8-16(15-4-5-17(24)22-18(15)20-11)21-14-3-2-12-6-7-23(27(19,25)26)10-13(12)9-14;;/h2-5,8-9H,6-7,10H2,1H3,(H2,19,25,26)(H2,20,21,22,24);2*1H. The highest BCUT2D eigenvalue weighted by atomic mass is 35.5. The maximum atomic E-state index is 11.6. The first-order valence-corrected chi connectivity index (χ1v) is 9.97. The van der Waals surface area contributed by atoms with E-state index in [1.54, 1.807) is 6.07 Å². The summed E-state index contributed by atoms with van der Waals surface area (Å²) in [5.74, 6) is 0. The van der Waals surface area contributed by atoms with Crippen LogP contribution in [0.4, 0.5) is 11.4 Å². The van der Waals surface area contributed by atoms with E-state index < -0.39 is 10.2 Å². The first kappa shape index (κ1) is 23.1. The number of hydrogen-bond donors (Lipinski definition) is 3. The van der Waals surface area contributed by atoms with E-state index in [9.17, 15) is 13.2 Å². The van der Waals surface area contributed by atoms with E-state index >= 15 is 0 Å². The van der Waals surface area contributed by atoms with Gasteiger partial charge in [0.15, 0.2) is 0 Å². The molecule has 0 atom stereocenters. The van der Waals surface area contributed by atoms with Gasteiger partial charge in [0.1, 0.15) is 5.65 Å². The SMILES string of the molecule is Cc1cc(Nc2ccc3c(c2)CN(S(N)(=O)=O)CC3)c2ccc(=O)[nH]c2n1.Cl.Cl. The molecule has 0 amide bonds. The van der Waals surface area contributed by atoms with Gasteiger partial charge in [-0.25, -0.2) is 10.1 Å². The fourth-order valence-corrected chi connectivity index (χ4v) is 4.01. The second-order valence-electron chi connectivity index (χ2n) is 6.63. The Hall–Kier alpha value is -2.17. The Labute approximate surface area is 180 Å². The van der Waals surface area contributed by atoms with Crippen LogP contribution in [0.15, 0.2) is 41.2 Å². The summed E-state index contributed by atoms with van der Waals surface area (Å²) in [7, 11) is -3.71. The summed E-state index contributed by atoms with van der Waals surface area (Å²) in [6.45, 7) is 2.50. The number of anilines is 2. The number of hydrogen-bond acceptors (Lipinski definition) is 5. The molecule has 0 aliphatic carbocycles. The first-order valence-electron chi connectivity index (χ1n) is 8.47. The number of aromatic amines is 1. The average molecular weight is 458 g/mol. The molecule has 1 aliphatic heterocycles. The van der Waals surface area contributed by atoms with E-state index in [-0.39, 0.29) is 36.9 Å². The molecule has 29 heavy (non-hydrogen) atoms. The third kappa shape index (κ3) is 4.88. The molecular weight excluding hydrogens is 437 g/mol. The fraction of sp³-hybridized carbons (Fsp3) is 0.222. The lowest BCUT2D eigenvalue weighted by Crippen LogP contribution is -2.40. The highest BCUT2D eigenvalue weighted by Crippen LogP contribution is 2.28. The molecule has 156 valence electrons. The van der Waals surface area contributed by atoms with E-state index in [4.69, 9.17) is 5.14 Å². The van der Waals surface area contributed by atoms with Crippen molar-refractivity contribution in [1.29, 1.82) is 0 Å². The number of H-pyrrole nitrogens is 1. The number of aryl methyl sites for hydroxylation is 1. The van der Waals surface area contributed by atoms with Gasteiger partial charge in [-0.3, -0.25) is 4.79 Å². The summed E-state index contributed by atoms with van der Waals surface area (Å²) in [5.41, 5.74) is 4.75. The van der Waals surface area contributed by atoms with Gasteiger partial charge in [0.25, 0.3) is 10.2 Å². The van der Waals surface area contributed by atoms with Crippen molar-refractivity contribution in [2.24, 2.45) is 5.14 Å². The quantitative estimate of drug-likeness (QED) is 0.557.